The van der Waals surface area contributed by atoms with E-state index in [4.69, 9.17) is 10.8 Å². The quantitative estimate of drug-likeness (QED) is 0.689. The van der Waals surface area contributed by atoms with Crippen LogP contribution in [0.4, 0.5) is 0 Å². The van der Waals surface area contributed by atoms with E-state index in [0.717, 1.165) is 5.56 Å². The zero-order valence-electron chi connectivity index (χ0n) is 7.10. The van der Waals surface area contributed by atoms with Crippen molar-refractivity contribution in [2.45, 2.75) is 6.42 Å². The smallest absolute Gasteiger partial charge is 0.267 e. The Kier molecular flexibility index (Phi) is 3.40. The lowest BCUT2D eigenvalue weighted by atomic mass is 10.1. The van der Waals surface area contributed by atoms with Gasteiger partial charge in [0.1, 0.15) is 5.69 Å². The molecule has 0 spiro atoms. The fourth-order valence-electron chi connectivity index (χ4n) is 0.903. The van der Waals surface area contributed by atoms with Gasteiger partial charge in [0.2, 0.25) is 0 Å². The number of hydrogen-bond donors (Lipinski definition) is 2. The van der Waals surface area contributed by atoms with Gasteiger partial charge in [-0.1, -0.05) is 6.07 Å². The number of amides is 1. The third kappa shape index (κ3) is 2.83. The Bertz CT molecular complexity index is 282. The number of primary amides is 1. The molecular formula is C9H11N2O2. The Balaban J connectivity index is 2.64. The van der Waals surface area contributed by atoms with Gasteiger partial charge < -0.3 is 10.8 Å². The molecule has 4 heteroatoms. The molecule has 4 nitrogen and oxygen atoms in total. The zero-order chi connectivity index (χ0) is 9.68. The van der Waals surface area contributed by atoms with Crippen molar-refractivity contribution in [3.63, 3.8) is 0 Å². The summed E-state index contributed by atoms with van der Waals surface area (Å²) in [5.41, 5.74) is 6.14. The van der Waals surface area contributed by atoms with Crippen LogP contribution in [-0.4, -0.2) is 22.6 Å². The maximum absolute atomic E-state index is 10.6. The molecule has 1 radical (unpaired) electrons. The lowest BCUT2D eigenvalue weighted by molar-refractivity contribution is 0.0995. The molecule has 0 aliphatic heterocycles. The second kappa shape index (κ2) is 4.57. The van der Waals surface area contributed by atoms with Crippen molar-refractivity contribution >= 4 is 5.91 Å². The standard InChI is InChI=1S/C9H11N2O2/c10-9(13)8-4-3-7(6-11-8)2-1-5-12/h2-4,6,12H,1,5H2,(H2,10,13). The second-order valence-corrected chi connectivity index (χ2v) is 2.56. The molecule has 0 unspecified atom stereocenters. The number of pyridine rings is 1. The number of aromatic nitrogens is 1. The minimum absolute atomic E-state index is 0.109. The lowest BCUT2D eigenvalue weighted by Gasteiger charge is -1.98. The number of carbonyl (C=O) groups excluding carboxylic acids is 1. The van der Waals surface area contributed by atoms with Gasteiger partial charge in [0, 0.05) is 12.8 Å². The SMILES string of the molecule is NC(=O)c1ccc([CH]CCO)cn1. The first-order valence-electron chi connectivity index (χ1n) is 3.94. The number of aliphatic hydroxyl groups is 1. The van der Waals surface area contributed by atoms with Crippen LogP contribution < -0.4 is 5.73 Å². The van der Waals surface area contributed by atoms with Crippen LogP contribution in [0.1, 0.15) is 22.5 Å². The van der Waals surface area contributed by atoms with Gasteiger partial charge in [-0.15, -0.1) is 0 Å². The minimum Gasteiger partial charge on any atom is -0.396 e. The van der Waals surface area contributed by atoms with Crippen LogP contribution in [-0.2, 0) is 0 Å². The molecule has 69 valence electrons. The van der Waals surface area contributed by atoms with Crippen molar-refractivity contribution in [3.8, 4) is 0 Å². The number of aliphatic hydroxyl groups excluding tert-OH is 1. The van der Waals surface area contributed by atoms with E-state index in [1.807, 2.05) is 6.42 Å². The van der Waals surface area contributed by atoms with Crippen molar-refractivity contribution < 1.29 is 9.90 Å². The van der Waals surface area contributed by atoms with Gasteiger partial charge in [0.05, 0.1) is 0 Å². The van der Waals surface area contributed by atoms with Gasteiger partial charge in [-0.3, -0.25) is 9.78 Å². The van der Waals surface area contributed by atoms with Crippen molar-refractivity contribution in [3.05, 3.63) is 36.0 Å². The highest BCUT2D eigenvalue weighted by Gasteiger charge is 2.00. The van der Waals surface area contributed by atoms with Crippen LogP contribution in [0.15, 0.2) is 18.3 Å². The van der Waals surface area contributed by atoms with Crippen LogP contribution in [0.5, 0.6) is 0 Å². The predicted octanol–water partition coefficient (Wildman–Crippen LogP) is 0.115. The van der Waals surface area contributed by atoms with Gasteiger partial charge in [-0.25, -0.2) is 0 Å². The molecule has 1 heterocycles. The van der Waals surface area contributed by atoms with Gasteiger partial charge in [0.25, 0.3) is 5.91 Å². The van der Waals surface area contributed by atoms with E-state index in [1.54, 1.807) is 18.3 Å². The summed E-state index contributed by atoms with van der Waals surface area (Å²) in [4.78, 5) is 14.5. The summed E-state index contributed by atoms with van der Waals surface area (Å²) in [7, 11) is 0. The van der Waals surface area contributed by atoms with Crippen LogP contribution in [0.2, 0.25) is 0 Å². The monoisotopic (exact) mass is 179 g/mol. The van der Waals surface area contributed by atoms with Gasteiger partial charge in [-0.05, 0) is 24.5 Å². The van der Waals surface area contributed by atoms with Crippen LogP contribution >= 0.6 is 0 Å². The third-order valence-corrected chi connectivity index (χ3v) is 1.55. The highest BCUT2D eigenvalue weighted by Crippen LogP contribution is 2.04. The maximum atomic E-state index is 10.6. The summed E-state index contributed by atoms with van der Waals surface area (Å²) in [6, 6.07) is 3.30. The molecule has 1 aromatic rings. The highest BCUT2D eigenvalue weighted by atomic mass is 16.2. The molecule has 0 bridgehead atoms. The van der Waals surface area contributed by atoms with E-state index in [2.05, 4.69) is 4.98 Å². The van der Waals surface area contributed by atoms with Crippen LogP contribution in [0, 0.1) is 6.42 Å². The first kappa shape index (κ1) is 9.67. The molecule has 0 aromatic carbocycles. The van der Waals surface area contributed by atoms with E-state index < -0.39 is 5.91 Å². The minimum atomic E-state index is -0.534. The molecule has 13 heavy (non-hydrogen) atoms. The van der Waals surface area contributed by atoms with Crippen molar-refractivity contribution in [2.75, 3.05) is 6.61 Å². The number of carbonyl (C=O) groups is 1. The number of rotatable bonds is 4. The molecule has 0 saturated carbocycles. The fourth-order valence-corrected chi connectivity index (χ4v) is 0.903. The Morgan fingerprint density at radius 2 is 2.38 bits per heavy atom. The normalized spacial score (nSPS) is 9.92. The summed E-state index contributed by atoms with van der Waals surface area (Å²) >= 11 is 0. The number of hydrogen-bond acceptors (Lipinski definition) is 3. The number of nitrogens with two attached hydrogens (primary N) is 1. The summed E-state index contributed by atoms with van der Waals surface area (Å²) in [5.74, 6) is -0.534. The molecular weight excluding hydrogens is 168 g/mol. The Morgan fingerprint density at radius 1 is 1.62 bits per heavy atom. The summed E-state index contributed by atoms with van der Waals surface area (Å²) in [5, 5.41) is 8.54. The first-order chi connectivity index (χ1) is 6.24. The van der Waals surface area contributed by atoms with Gasteiger partial charge >= 0.3 is 0 Å². The average Bonchev–Trinajstić information content (AvgIpc) is 2.15. The molecule has 0 saturated heterocycles. The molecule has 1 amide bonds. The van der Waals surface area contributed by atoms with Gasteiger partial charge in [0.15, 0.2) is 0 Å². The third-order valence-electron chi connectivity index (χ3n) is 1.55. The lowest BCUT2D eigenvalue weighted by Crippen LogP contribution is -2.12. The van der Waals surface area contributed by atoms with Crippen molar-refractivity contribution in [1.82, 2.24) is 4.98 Å². The largest absolute Gasteiger partial charge is 0.396 e. The average molecular weight is 179 g/mol. The highest BCUT2D eigenvalue weighted by molar-refractivity contribution is 5.90. The summed E-state index contributed by atoms with van der Waals surface area (Å²) < 4.78 is 0. The first-order valence-corrected chi connectivity index (χ1v) is 3.94. The number of nitrogens with zero attached hydrogens (tertiary/aromatic N) is 1. The molecule has 0 atom stereocenters. The van der Waals surface area contributed by atoms with Crippen molar-refractivity contribution in [1.29, 1.82) is 0 Å². The van der Waals surface area contributed by atoms with E-state index >= 15 is 0 Å². The van der Waals surface area contributed by atoms with Crippen molar-refractivity contribution in [2.24, 2.45) is 5.73 Å². The molecule has 1 aromatic heterocycles. The molecule has 3 N–H and O–H groups in total. The molecule has 1 rings (SSSR count). The van der Waals surface area contributed by atoms with E-state index in [1.165, 1.54) is 0 Å². The topological polar surface area (TPSA) is 76.2 Å². The molecule has 0 aliphatic rings. The Morgan fingerprint density at radius 3 is 2.85 bits per heavy atom. The zero-order valence-corrected chi connectivity index (χ0v) is 7.10. The maximum Gasteiger partial charge on any atom is 0.267 e. The van der Waals surface area contributed by atoms with E-state index in [0.29, 0.717) is 6.42 Å². The second-order valence-electron chi connectivity index (χ2n) is 2.56. The van der Waals surface area contributed by atoms with E-state index in [-0.39, 0.29) is 12.3 Å². The summed E-state index contributed by atoms with van der Waals surface area (Å²) in [6.07, 6.45) is 3.96. The molecule has 0 aliphatic carbocycles. The van der Waals surface area contributed by atoms with Gasteiger partial charge in [-0.2, -0.15) is 0 Å². The fraction of sp³-hybridized carbons (Fsp3) is 0.222. The predicted molar refractivity (Wildman–Crippen MR) is 47.9 cm³/mol. The Labute approximate surface area is 76.4 Å². The molecule has 0 fully saturated rings. The van der Waals surface area contributed by atoms with E-state index in [9.17, 15) is 4.79 Å². The van der Waals surface area contributed by atoms with Crippen LogP contribution in [0.25, 0.3) is 0 Å². The van der Waals surface area contributed by atoms with Crippen LogP contribution in [0.3, 0.4) is 0 Å². The Hall–Kier alpha value is -1.42. The summed E-state index contributed by atoms with van der Waals surface area (Å²) in [6.45, 7) is 0.109.